The Labute approximate surface area is 111 Å². The van der Waals surface area contributed by atoms with Crippen molar-refractivity contribution in [2.45, 2.75) is 6.92 Å². The number of hydrogen-bond donors (Lipinski definition) is 2. The van der Waals surface area contributed by atoms with Crippen molar-refractivity contribution in [3.8, 4) is 0 Å². The average molecular weight is 288 g/mol. The first-order valence-electron chi connectivity index (χ1n) is 5.60. The van der Waals surface area contributed by atoms with Crippen LogP contribution in [0, 0.1) is 0 Å². The van der Waals surface area contributed by atoms with Crippen LogP contribution in [0.2, 0.25) is 0 Å². The predicted octanol–water partition coefficient (Wildman–Crippen LogP) is -0.386. The molecule has 1 heterocycles. The number of ether oxygens (including phenoxy) is 1. The Morgan fingerprint density at radius 2 is 2.16 bits per heavy atom. The Morgan fingerprint density at radius 1 is 1.42 bits per heavy atom. The molecule has 0 atom stereocenters. The summed E-state index contributed by atoms with van der Waals surface area (Å²) < 4.78 is 29.6. The second kappa shape index (κ2) is 7.00. The molecule has 1 aromatic heterocycles. The molecule has 1 aromatic rings. The van der Waals surface area contributed by atoms with Crippen LogP contribution in [0.4, 0.5) is 5.82 Å². The van der Waals surface area contributed by atoms with Gasteiger partial charge in [0.25, 0.3) is 0 Å². The van der Waals surface area contributed by atoms with Crippen molar-refractivity contribution >= 4 is 21.8 Å². The maximum Gasteiger partial charge on any atom is 0.358 e. The van der Waals surface area contributed by atoms with Crippen molar-refractivity contribution in [3.63, 3.8) is 0 Å². The van der Waals surface area contributed by atoms with Gasteiger partial charge in [0.2, 0.25) is 10.0 Å². The molecular weight excluding hydrogens is 272 g/mol. The van der Waals surface area contributed by atoms with E-state index in [4.69, 9.17) is 0 Å². The molecule has 8 nitrogen and oxygen atoms in total. The van der Waals surface area contributed by atoms with Gasteiger partial charge in [0.1, 0.15) is 5.82 Å². The van der Waals surface area contributed by atoms with E-state index in [0.717, 1.165) is 0 Å². The summed E-state index contributed by atoms with van der Waals surface area (Å²) in [6, 6.07) is 0. The van der Waals surface area contributed by atoms with Crippen LogP contribution in [0.15, 0.2) is 12.4 Å². The van der Waals surface area contributed by atoms with Crippen molar-refractivity contribution < 1.29 is 17.9 Å². The summed E-state index contributed by atoms with van der Waals surface area (Å²) in [5.41, 5.74) is 0.0574. The minimum Gasteiger partial charge on any atom is -0.464 e. The number of rotatable bonds is 7. The van der Waals surface area contributed by atoms with Crippen molar-refractivity contribution in [1.82, 2.24) is 14.7 Å². The first kappa shape index (κ1) is 15.3. The minimum atomic E-state index is -3.29. The summed E-state index contributed by atoms with van der Waals surface area (Å²) in [4.78, 5) is 19.0. The van der Waals surface area contributed by atoms with Crippen LogP contribution in [-0.4, -0.2) is 50.3 Å². The second-order valence-electron chi connectivity index (χ2n) is 3.52. The largest absolute Gasteiger partial charge is 0.464 e. The van der Waals surface area contributed by atoms with Crippen LogP contribution < -0.4 is 10.0 Å². The van der Waals surface area contributed by atoms with E-state index in [9.17, 15) is 13.2 Å². The Kier molecular flexibility index (Phi) is 5.64. The normalized spacial score (nSPS) is 11.1. The molecule has 0 aliphatic heterocycles. The van der Waals surface area contributed by atoms with Gasteiger partial charge in [-0.1, -0.05) is 6.92 Å². The molecule has 0 saturated heterocycles. The smallest absolute Gasteiger partial charge is 0.358 e. The highest BCUT2D eigenvalue weighted by Gasteiger charge is 2.10. The van der Waals surface area contributed by atoms with Crippen LogP contribution in [0.25, 0.3) is 0 Å². The van der Waals surface area contributed by atoms with Crippen LogP contribution in [0.3, 0.4) is 0 Å². The summed E-state index contributed by atoms with van der Waals surface area (Å²) >= 11 is 0. The van der Waals surface area contributed by atoms with E-state index in [1.54, 1.807) is 6.92 Å². The second-order valence-corrected chi connectivity index (χ2v) is 5.45. The van der Waals surface area contributed by atoms with Gasteiger partial charge in [-0.05, 0) is 0 Å². The Morgan fingerprint density at radius 3 is 2.79 bits per heavy atom. The molecule has 0 aliphatic carbocycles. The monoisotopic (exact) mass is 288 g/mol. The van der Waals surface area contributed by atoms with E-state index in [1.807, 2.05) is 0 Å². The Balaban J connectivity index is 2.57. The molecule has 0 unspecified atom stereocenters. The lowest BCUT2D eigenvalue weighted by Crippen LogP contribution is -2.29. The fraction of sp³-hybridized carbons (Fsp3) is 0.500. The van der Waals surface area contributed by atoms with Crippen LogP contribution >= 0.6 is 0 Å². The summed E-state index contributed by atoms with van der Waals surface area (Å²) in [7, 11) is -2.04. The number of aromatic nitrogens is 2. The minimum absolute atomic E-state index is 0.0574. The summed E-state index contributed by atoms with van der Waals surface area (Å²) in [6.45, 7) is 2.21. The third-order valence-corrected chi connectivity index (χ3v) is 3.54. The molecule has 9 heteroatoms. The van der Waals surface area contributed by atoms with Gasteiger partial charge in [0.05, 0.1) is 25.3 Å². The van der Waals surface area contributed by atoms with Gasteiger partial charge in [-0.25, -0.2) is 22.9 Å². The topological polar surface area (TPSA) is 110 Å². The van der Waals surface area contributed by atoms with E-state index in [2.05, 4.69) is 24.7 Å². The molecule has 0 aromatic carbocycles. The van der Waals surface area contributed by atoms with Crippen LogP contribution in [-0.2, 0) is 14.8 Å². The third-order valence-electron chi connectivity index (χ3n) is 2.07. The number of carbonyl (C=O) groups excluding carboxylic acids is 1. The highest BCUT2D eigenvalue weighted by molar-refractivity contribution is 7.89. The number of hydrogen-bond acceptors (Lipinski definition) is 7. The number of esters is 1. The van der Waals surface area contributed by atoms with E-state index >= 15 is 0 Å². The predicted molar refractivity (Wildman–Crippen MR) is 69.3 cm³/mol. The molecule has 0 amide bonds. The lowest BCUT2D eigenvalue weighted by atomic mass is 10.4. The number of anilines is 1. The molecular formula is C10H16N4O4S. The summed E-state index contributed by atoms with van der Waals surface area (Å²) in [6.07, 6.45) is 2.67. The molecule has 0 aliphatic rings. The van der Waals surface area contributed by atoms with Crippen molar-refractivity contribution in [3.05, 3.63) is 18.1 Å². The number of nitrogens with one attached hydrogen (secondary N) is 2. The Bertz CT molecular complexity index is 532. The maximum atomic E-state index is 11.4. The van der Waals surface area contributed by atoms with Gasteiger partial charge >= 0.3 is 5.97 Å². The molecule has 19 heavy (non-hydrogen) atoms. The van der Waals surface area contributed by atoms with Crippen molar-refractivity contribution in [2.24, 2.45) is 0 Å². The van der Waals surface area contributed by atoms with Crippen molar-refractivity contribution in [2.75, 3.05) is 31.3 Å². The molecule has 0 fully saturated rings. The third kappa shape index (κ3) is 5.18. The fourth-order valence-corrected chi connectivity index (χ4v) is 2.21. The van der Waals surface area contributed by atoms with E-state index in [0.29, 0.717) is 12.4 Å². The van der Waals surface area contributed by atoms with Gasteiger partial charge in [0.15, 0.2) is 5.69 Å². The first-order chi connectivity index (χ1) is 8.98. The quantitative estimate of drug-likeness (QED) is 0.658. The molecule has 106 valence electrons. The van der Waals surface area contributed by atoms with Gasteiger partial charge in [-0.3, -0.25) is 4.98 Å². The van der Waals surface area contributed by atoms with Gasteiger partial charge in [-0.15, -0.1) is 0 Å². The Hall–Kier alpha value is -1.74. The first-order valence-corrected chi connectivity index (χ1v) is 7.25. The average Bonchev–Trinajstić information content (AvgIpc) is 2.38. The van der Waals surface area contributed by atoms with Gasteiger partial charge < -0.3 is 10.1 Å². The fourth-order valence-electron chi connectivity index (χ4n) is 1.26. The lowest BCUT2D eigenvalue weighted by molar-refractivity contribution is 0.0593. The van der Waals surface area contributed by atoms with Crippen molar-refractivity contribution in [1.29, 1.82) is 0 Å². The molecule has 0 spiro atoms. The summed E-state index contributed by atoms with van der Waals surface area (Å²) in [5.74, 6) is -0.378. The number of methoxy groups -OCH3 is 1. The van der Waals surface area contributed by atoms with Crippen LogP contribution in [0.5, 0.6) is 0 Å². The SMILES string of the molecule is CCNS(=O)(=O)CCNc1cncc(C(=O)OC)n1. The number of nitrogens with zero attached hydrogens (tertiary/aromatic N) is 2. The number of sulfonamides is 1. The molecule has 1 rings (SSSR count). The van der Waals surface area contributed by atoms with Gasteiger partial charge in [0, 0.05) is 13.1 Å². The van der Waals surface area contributed by atoms with E-state index in [1.165, 1.54) is 19.5 Å². The molecule has 0 radical (unpaired) electrons. The zero-order valence-electron chi connectivity index (χ0n) is 10.7. The van der Waals surface area contributed by atoms with Crippen LogP contribution in [0.1, 0.15) is 17.4 Å². The highest BCUT2D eigenvalue weighted by Crippen LogP contribution is 2.03. The lowest BCUT2D eigenvalue weighted by Gasteiger charge is -2.07. The van der Waals surface area contributed by atoms with E-state index < -0.39 is 16.0 Å². The number of carbonyl (C=O) groups is 1. The maximum absolute atomic E-state index is 11.4. The zero-order valence-corrected chi connectivity index (χ0v) is 11.5. The zero-order chi connectivity index (χ0) is 14.3. The summed E-state index contributed by atoms with van der Waals surface area (Å²) in [5, 5.41) is 2.78. The molecule has 0 saturated carbocycles. The molecule has 0 bridgehead atoms. The standard InChI is InChI=1S/C10H16N4O4S/c1-3-13-19(16,17)5-4-12-9-7-11-6-8(14-9)10(15)18-2/h6-7,13H,3-5H2,1-2H3,(H,12,14). The highest BCUT2D eigenvalue weighted by atomic mass is 32.2. The molecule has 2 N–H and O–H groups in total. The van der Waals surface area contributed by atoms with E-state index in [-0.39, 0.29) is 18.0 Å². The van der Waals surface area contributed by atoms with Gasteiger partial charge in [-0.2, -0.15) is 0 Å².